The molecule has 6 rings (SSSR count). The minimum absolute atomic E-state index is 0.0672. The minimum Gasteiger partial charge on any atom is -0.461 e. The third kappa shape index (κ3) is 3.82. The Morgan fingerprint density at radius 3 is 2.15 bits per heavy atom. The average molecular weight is 557 g/mol. The van der Waals surface area contributed by atoms with E-state index in [0.717, 1.165) is 0 Å². The molecule has 4 aliphatic rings. The van der Waals surface area contributed by atoms with Gasteiger partial charge in [0.05, 0.1) is 23.1 Å². The van der Waals surface area contributed by atoms with Crippen LogP contribution < -0.4 is 0 Å². The summed E-state index contributed by atoms with van der Waals surface area (Å²) in [6, 6.07) is 17.3. The Labute approximate surface area is 239 Å². The van der Waals surface area contributed by atoms with Crippen LogP contribution in [0.4, 0.5) is 0 Å². The molecule has 0 aliphatic heterocycles. The summed E-state index contributed by atoms with van der Waals surface area (Å²) < 4.78 is 11.8. The number of fused-ring (bicyclic) bond motifs is 3. The summed E-state index contributed by atoms with van der Waals surface area (Å²) in [5, 5.41) is 24.0. The van der Waals surface area contributed by atoms with Crippen molar-refractivity contribution in [2.24, 2.45) is 34.5 Å². The van der Waals surface area contributed by atoms with Crippen LogP contribution in [0.15, 0.2) is 84.0 Å². The van der Waals surface area contributed by atoms with E-state index in [1.54, 1.807) is 74.5 Å². The molecule has 2 bridgehead atoms. The summed E-state index contributed by atoms with van der Waals surface area (Å²) in [7, 11) is 0. The first-order chi connectivity index (χ1) is 19.5. The van der Waals surface area contributed by atoms with Gasteiger partial charge in [-0.05, 0) is 73.4 Å². The Kier molecular flexibility index (Phi) is 6.40. The number of allylic oxidation sites excluding steroid dienone is 1. The van der Waals surface area contributed by atoms with Crippen molar-refractivity contribution in [3.63, 3.8) is 0 Å². The van der Waals surface area contributed by atoms with Crippen molar-refractivity contribution in [3.05, 3.63) is 95.1 Å². The Morgan fingerprint density at radius 1 is 0.951 bits per heavy atom. The molecule has 9 unspecified atom stereocenters. The number of carbonyl (C=O) groups is 3. The molecule has 7 heteroatoms. The maximum Gasteiger partial charge on any atom is 0.338 e. The van der Waals surface area contributed by atoms with Crippen molar-refractivity contribution in [2.75, 3.05) is 6.61 Å². The monoisotopic (exact) mass is 556 g/mol. The fraction of sp³-hybridized carbons (Fsp3) is 0.441. The number of aliphatic hydroxyl groups is 2. The standard InChI is InChI=1S/C34H36O7/c1-19-15-24-26-25(32(26,4)18-40-30(37)22-11-7-5-8-12-22)16-21(3)33(28(24)36)17-20(2)27(35)34(33,39)29(19)41-31(38)23-13-9-6-10-14-23/h5-15,17,21,24-27,29,35,39H,16,18H2,1-4H3. The van der Waals surface area contributed by atoms with Gasteiger partial charge in [0.2, 0.25) is 0 Å². The molecule has 4 aliphatic carbocycles. The van der Waals surface area contributed by atoms with Crippen LogP contribution in [0.5, 0.6) is 0 Å². The Bertz CT molecular complexity index is 1460. The number of hydrogen-bond acceptors (Lipinski definition) is 7. The molecule has 0 amide bonds. The summed E-state index contributed by atoms with van der Waals surface area (Å²) in [6.45, 7) is 7.59. The maximum absolute atomic E-state index is 14.7. The number of ketones is 1. The maximum atomic E-state index is 14.7. The summed E-state index contributed by atoms with van der Waals surface area (Å²) >= 11 is 0. The molecule has 2 saturated carbocycles. The van der Waals surface area contributed by atoms with Gasteiger partial charge < -0.3 is 19.7 Å². The zero-order chi connectivity index (χ0) is 29.3. The molecular formula is C34H36O7. The predicted octanol–water partition coefficient (Wildman–Crippen LogP) is 4.54. The quantitative estimate of drug-likeness (QED) is 0.411. The second kappa shape index (κ2) is 9.50. The van der Waals surface area contributed by atoms with E-state index in [4.69, 9.17) is 9.47 Å². The number of aliphatic hydroxyl groups excluding tert-OH is 1. The highest BCUT2D eigenvalue weighted by molar-refractivity contribution is 5.96. The first-order valence-corrected chi connectivity index (χ1v) is 14.3. The van der Waals surface area contributed by atoms with E-state index in [1.807, 2.05) is 19.1 Å². The van der Waals surface area contributed by atoms with Gasteiger partial charge in [-0.1, -0.05) is 62.4 Å². The Hall–Kier alpha value is -3.55. The van der Waals surface area contributed by atoms with Gasteiger partial charge in [0, 0.05) is 11.3 Å². The minimum atomic E-state index is -2.07. The van der Waals surface area contributed by atoms with Gasteiger partial charge in [0.15, 0.2) is 17.5 Å². The number of ether oxygens (including phenoxy) is 2. The topological polar surface area (TPSA) is 110 Å². The molecule has 2 aromatic carbocycles. The first kappa shape index (κ1) is 27.6. The highest BCUT2D eigenvalue weighted by Crippen LogP contribution is 2.72. The van der Waals surface area contributed by atoms with Crippen LogP contribution in [0.25, 0.3) is 0 Å². The molecule has 9 atom stereocenters. The van der Waals surface area contributed by atoms with Gasteiger partial charge in [-0.25, -0.2) is 9.59 Å². The van der Waals surface area contributed by atoms with E-state index in [9.17, 15) is 24.6 Å². The highest BCUT2D eigenvalue weighted by Gasteiger charge is 2.77. The SMILES string of the molecule is CC1=CC23C(=O)C(C=C(C)C(OC(=O)c4ccccc4)C2(O)C1O)C1C(CC3C)C1(C)COC(=O)c1ccccc1. The van der Waals surface area contributed by atoms with Crippen LogP contribution >= 0.6 is 0 Å². The summed E-state index contributed by atoms with van der Waals surface area (Å²) in [6.07, 6.45) is 1.49. The van der Waals surface area contributed by atoms with Crippen molar-refractivity contribution >= 4 is 17.7 Å². The third-order valence-corrected chi connectivity index (χ3v) is 10.4. The lowest BCUT2D eigenvalue weighted by Gasteiger charge is -2.49. The molecule has 0 heterocycles. The molecule has 2 fully saturated rings. The van der Waals surface area contributed by atoms with E-state index in [1.165, 1.54) is 0 Å². The van der Waals surface area contributed by atoms with Gasteiger partial charge in [0.1, 0.15) is 6.10 Å². The van der Waals surface area contributed by atoms with Crippen LogP contribution in [0.3, 0.4) is 0 Å². The molecule has 41 heavy (non-hydrogen) atoms. The van der Waals surface area contributed by atoms with Crippen LogP contribution in [-0.2, 0) is 14.3 Å². The highest BCUT2D eigenvalue weighted by atomic mass is 16.6. The van der Waals surface area contributed by atoms with Crippen molar-refractivity contribution in [3.8, 4) is 0 Å². The van der Waals surface area contributed by atoms with Gasteiger partial charge in [-0.15, -0.1) is 0 Å². The molecular weight excluding hydrogens is 520 g/mol. The molecule has 0 saturated heterocycles. The van der Waals surface area contributed by atoms with Crippen molar-refractivity contribution in [1.29, 1.82) is 0 Å². The smallest absolute Gasteiger partial charge is 0.338 e. The molecule has 7 nitrogen and oxygen atoms in total. The van der Waals surface area contributed by atoms with Crippen LogP contribution in [0.2, 0.25) is 0 Å². The number of benzene rings is 2. The summed E-state index contributed by atoms with van der Waals surface area (Å²) in [4.78, 5) is 40.7. The van der Waals surface area contributed by atoms with Crippen molar-refractivity contribution in [2.45, 2.75) is 51.9 Å². The Balaban J connectivity index is 1.38. The molecule has 2 N–H and O–H groups in total. The van der Waals surface area contributed by atoms with Crippen molar-refractivity contribution < 1.29 is 34.1 Å². The fourth-order valence-electron chi connectivity index (χ4n) is 8.23. The predicted molar refractivity (Wildman–Crippen MR) is 151 cm³/mol. The lowest BCUT2D eigenvalue weighted by molar-refractivity contribution is -0.190. The van der Waals surface area contributed by atoms with Crippen molar-refractivity contribution in [1.82, 2.24) is 0 Å². The van der Waals surface area contributed by atoms with E-state index < -0.39 is 46.5 Å². The van der Waals surface area contributed by atoms with Gasteiger partial charge in [0.25, 0.3) is 0 Å². The van der Waals surface area contributed by atoms with E-state index >= 15 is 0 Å². The molecule has 0 radical (unpaired) electrons. The molecule has 1 spiro atoms. The largest absolute Gasteiger partial charge is 0.461 e. The first-order valence-electron chi connectivity index (χ1n) is 14.3. The number of rotatable bonds is 5. The summed E-state index contributed by atoms with van der Waals surface area (Å²) in [5.41, 5.74) is -2.17. The van der Waals surface area contributed by atoms with E-state index in [2.05, 4.69) is 6.92 Å². The number of carbonyl (C=O) groups excluding carboxylic acids is 3. The van der Waals surface area contributed by atoms with Gasteiger partial charge >= 0.3 is 11.9 Å². The third-order valence-electron chi connectivity index (χ3n) is 10.4. The van der Waals surface area contributed by atoms with Gasteiger partial charge in [-0.2, -0.15) is 0 Å². The lowest BCUT2D eigenvalue weighted by atomic mass is 9.59. The number of hydrogen-bond donors (Lipinski definition) is 2. The summed E-state index contributed by atoms with van der Waals surface area (Å²) in [5.74, 6) is -2.28. The normalized spacial score (nSPS) is 38.8. The van der Waals surface area contributed by atoms with Crippen LogP contribution in [-0.4, -0.2) is 52.4 Å². The van der Waals surface area contributed by atoms with Crippen LogP contribution in [0.1, 0.15) is 54.8 Å². The number of Topliss-reactive ketones (excluding diaryl/α,β-unsaturated/α-hetero) is 1. The van der Waals surface area contributed by atoms with E-state index in [0.29, 0.717) is 28.7 Å². The zero-order valence-electron chi connectivity index (χ0n) is 23.7. The average Bonchev–Trinajstić information content (AvgIpc) is 3.52. The molecule has 2 aromatic rings. The van der Waals surface area contributed by atoms with E-state index in [-0.39, 0.29) is 30.1 Å². The second-order valence-electron chi connectivity index (χ2n) is 12.7. The van der Waals surface area contributed by atoms with Crippen LogP contribution in [0, 0.1) is 34.5 Å². The molecule has 214 valence electrons. The molecule has 0 aromatic heterocycles. The zero-order valence-corrected chi connectivity index (χ0v) is 23.7. The second-order valence-corrected chi connectivity index (χ2v) is 12.7. The fourth-order valence-corrected chi connectivity index (χ4v) is 8.23. The Morgan fingerprint density at radius 2 is 1.54 bits per heavy atom. The number of esters is 2. The van der Waals surface area contributed by atoms with Gasteiger partial charge in [-0.3, -0.25) is 4.79 Å². The lowest BCUT2D eigenvalue weighted by Crippen LogP contribution is -2.65.